The zero-order valence-corrected chi connectivity index (χ0v) is 15.3. The SMILES string of the molecule is COCCOCCNc1ncc(-c2ccc(F)c(C)c2)c(C(C)C)n1. The van der Waals surface area contributed by atoms with Gasteiger partial charge in [0.05, 0.1) is 25.5 Å². The third-order valence-corrected chi connectivity index (χ3v) is 3.80. The largest absolute Gasteiger partial charge is 0.382 e. The van der Waals surface area contributed by atoms with Gasteiger partial charge in [0.1, 0.15) is 5.82 Å². The van der Waals surface area contributed by atoms with Gasteiger partial charge in [0, 0.05) is 25.4 Å². The highest BCUT2D eigenvalue weighted by Gasteiger charge is 2.13. The van der Waals surface area contributed by atoms with Gasteiger partial charge in [-0.2, -0.15) is 0 Å². The van der Waals surface area contributed by atoms with Crippen LogP contribution in [0.3, 0.4) is 0 Å². The molecule has 1 heterocycles. The van der Waals surface area contributed by atoms with Crippen molar-refractivity contribution >= 4 is 5.95 Å². The molecule has 2 aromatic rings. The van der Waals surface area contributed by atoms with Gasteiger partial charge in [-0.3, -0.25) is 0 Å². The summed E-state index contributed by atoms with van der Waals surface area (Å²) >= 11 is 0. The molecule has 0 atom stereocenters. The van der Waals surface area contributed by atoms with Crippen molar-refractivity contribution in [3.8, 4) is 11.1 Å². The first-order chi connectivity index (χ1) is 12.0. The van der Waals surface area contributed by atoms with E-state index in [4.69, 9.17) is 9.47 Å². The Kier molecular flexibility index (Phi) is 7.28. The van der Waals surface area contributed by atoms with Crippen molar-refractivity contribution < 1.29 is 13.9 Å². The van der Waals surface area contributed by atoms with E-state index in [0.717, 1.165) is 16.8 Å². The van der Waals surface area contributed by atoms with Crippen LogP contribution in [0.4, 0.5) is 10.3 Å². The van der Waals surface area contributed by atoms with E-state index < -0.39 is 0 Å². The van der Waals surface area contributed by atoms with Crippen molar-refractivity contribution in [2.45, 2.75) is 26.7 Å². The Bertz CT molecular complexity index is 692. The smallest absolute Gasteiger partial charge is 0.222 e. The number of ether oxygens (including phenoxy) is 2. The molecular formula is C19H26FN3O2. The van der Waals surface area contributed by atoms with Crippen LogP contribution < -0.4 is 5.32 Å². The van der Waals surface area contributed by atoms with Gasteiger partial charge in [-0.15, -0.1) is 0 Å². The van der Waals surface area contributed by atoms with Crippen molar-refractivity contribution in [2.24, 2.45) is 0 Å². The van der Waals surface area contributed by atoms with E-state index in [0.29, 0.717) is 37.9 Å². The van der Waals surface area contributed by atoms with E-state index in [-0.39, 0.29) is 11.7 Å². The monoisotopic (exact) mass is 347 g/mol. The van der Waals surface area contributed by atoms with E-state index in [1.807, 2.05) is 6.07 Å². The fourth-order valence-corrected chi connectivity index (χ4v) is 2.43. The molecular weight excluding hydrogens is 321 g/mol. The first-order valence-corrected chi connectivity index (χ1v) is 8.47. The normalized spacial score (nSPS) is 11.1. The summed E-state index contributed by atoms with van der Waals surface area (Å²) in [5.41, 5.74) is 3.41. The van der Waals surface area contributed by atoms with E-state index in [2.05, 4.69) is 29.1 Å². The van der Waals surface area contributed by atoms with Crippen LogP contribution in [0.1, 0.15) is 31.0 Å². The summed E-state index contributed by atoms with van der Waals surface area (Å²) in [6.07, 6.45) is 1.79. The molecule has 0 unspecified atom stereocenters. The summed E-state index contributed by atoms with van der Waals surface area (Å²) in [6.45, 7) is 8.26. The Morgan fingerprint density at radius 3 is 2.68 bits per heavy atom. The van der Waals surface area contributed by atoms with Crippen LogP contribution in [0, 0.1) is 12.7 Å². The summed E-state index contributed by atoms with van der Waals surface area (Å²) in [6, 6.07) is 5.08. The highest BCUT2D eigenvalue weighted by Crippen LogP contribution is 2.29. The second-order valence-corrected chi connectivity index (χ2v) is 6.14. The molecule has 5 nitrogen and oxygen atoms in total. The molecule has 0 fully saturated rings. The van der Waals surface area contributed by atoms with E-state index in [9.17, 15) is 4.39 Å². The molecule has 0 spiro atoms. The number of hydrogen-bond acceptors (Lipinski definition) is 5. The minimum Gasteiger partial charge on any atom is -0.382 e. The predicted molar refractivity (Wildman–Crippen MR) is 97.4 cm³/mol. The lowest BCUT2D eigenvalue weighted by atomic mass is 9.98. The average Bonchev–Trinajstić information content (AvgIpc) is 2.60. The number of halogens is 1. The van der Waals surface area contributed by atoms with E-state index in [1.54, 1.807) is 26.3 Å². The number of nitrogens with one attached hydrogen (secondary N) is 1. The van der Waals surface area contributed by atoms with Crippen molar-refractivity contribution in [3.63, 3.8) is 0 Å². The number of hydrogen-bond donors (Lipinski definition) is 1. The van der Waals surface area contributed by atoms with Gasteiger partial charge in [-0.1, -0.05) is 19.9 Å². The van der Waals surface area contributed by atoms with E-state index in [1.165, 1.54) is 6.07 Å². The molecule has 1 N–H and O–H groups in total. The maximum atomic E-state index is 13.5. The lowest BCUT2D eigenvalue weighted by Gasteiger charge is -2.14. The van der Waals surface area contributed by atoms with Gasteiger partial charge < -0.3 is 14.8 Å². The number of nitrogens with zero attached hydrogens (tertiary/aromatic N) is 2. The van der Waals surface area contributed by atoms with E-state index >= 15 is 0 Å². The van der Waals surface area contributed by atoms with Gasteiger partial charge in [0.2, 0.25) is 5.95 Å². The van der Waals surface area contributed by atoms with Gasteiger partial charge in [0.25, 0.3) is 0 Å². The Morgan fingerprint density at radius 2 is 2.00 bits per heavy atom. The number of anilines is 1. The van der Waals surface area contributed by atoms with Crippen molar-refractivity contribution in [1.82, 2.24) is 9.97 Å². The highest BCUT2D eigenvalue weighted by molar-refractivity contribution is 5.67. The fourth-order valence-electron chi connectivity index (χ4n) is 2.43. The maximum Gasteiger partial charge on any atom is 0.222 e. The molecule has 0 radical (unpaired) electrons. The summed E-state index contributed by atoms with van der Waals surface area (Å²) in [7, 11) is 1.65. The van der Waals surface area contributed by atoms with Crippen LogP contribution in [-0.4, -0.2) is 43.4 Å². The molecule has 2 rings (SSSR count). The third-order valence-electron chi connectivity index (χ3n) is 3.80. The lowest BCUT2D eigenvalue weighted by Crippen LogP contribution is -2.14. The number of methoxy groups -OCH3 is 1. The number of benzene rings is 1. The van der Waals surface area contributed by atoms with Crippen LogP contribution in [0.15, 0.2) is 24.4 Å². The molecule has 0 bridgehead atoms. The molecule has 136 valence electrons. The van der Waals surface area contributed by atoms with Crippen molar-refractivity contribution in [2.75, 3.05) is 38.8 Å². The highest BCUT2D eigenvalue weighted by atomic mass is 19.1. The number of aryl methyl sites for hydroxylation is 1. The Labute approximate surface area is 148 Å². The number of aromatic nitrogens is 2. The second-order valence-electron chi connectivity index (χ2n) is 6.14. The fraction of sp³-hybridized carbons (Fsp3) is 0.474. The predicted octanol–water partition coefficient (Wildman–Crippen LogP) is 3.79. The molecule has 1 aromatic carbocycles. The third kappa shape index (κ3) is 5.47. The maximum absolute atomic E-state index is 13.5. The van der Waals surface area contributed by atoms with Gasteiger partial charge >= 0.3 is 0 Å². The lowest BCUT2D eigenvalue weighted by molar-refractivity contribution is 0.0759. The van der Waals surface area contributed by atoms with Gasteiger partial charge in [-0.05, 0) is 36.1 Å². The summed E-state index contributed by atoms with van der Waals surface area (Å²) in [5, 5.41) is 3.17. The van der Waals surface area contributed by atoms with Crippen LogP contribution in [0.25, 0.3) is 11.1 Å². The first kappa shape index (κ1) is 19.3. The zero-order chi connectivity index (χ0) is 18.2. The standard InChI is InChI=1S/C19H26FN3O2/c1-13(2)18-16(15-5-6-17(20)14(3)11-15)12-22-19(23-18)21-7-8-25-10-9-24-4/h5-6,11-13H,7-10H2,1-4H3,(H,21,22,23). The number of rotatable bonds is 9. The summed E-state index contributed by atoms with van der Waals surface area (Å²) in [4.78, 5) is 9.03. The molecule has 0 aliphatic rings. The quantitative estimate of drug-likeness (QED) is 0.700. The van der Waals surface area contributed by atoms with Crippen LogP contribution in [-0.2, 0) is 9.47 Å². The van der Waals surface area contributed by atoms with Crippen LogP contribution in [0.2, 0.25) is 0 Å². The Balaban J connectivity index is 2.10. The summed E-state index contributed by atoms with van der Waals surface area (Å²) in [5.74, 6) is 0.589. The first-order valence-electron chi connectivity index (χ1n) is 8.47. The van der Waals surface area contributed by atoms with Crippen molar-refractivity contribution in [1.29, 1.82) is 0 Å². The van der Waals surface area contributed by atoms with Crippen LogP contribution >= 0.6 is 0 Å². The van der Waals surface area contributed by atoms with Crippen molar-refractivity contribution in [3.05, 3.63) is 41.5 Å². The molecule has 0 amide bonds. The van der Waals surface area contributed by atoms with Gasteiger partial charge in [-0.25, -0.2) is 14.4 Å². The topological polar surface area (TPSA) is 56.3 Å². The molecule has 25 heavy (non-hydrogen) atoms. The van der Waals surface area contributed by atoms with Crippen LogP contribution in [0.5, 0.6) is 0 Å². The molecule has 6 heteroatoms. The molecule has 0 aliphatic carbocycles. The average molecular weight is 347 g/mol. The zero-order valence-electron chi connectivity index (χ0n) is 15.3. The second kappa shape index (κ2) is 9.44. The molecule has 0 aliphatic heterocycles. The Hall–Kier alpha value is -2.05. The minimum absolute atomic E-state index is 0.206. The van der Waals surface area contributed by atoms with Gasteiger partial charge in [0.15, 0.2) is 0 Å². The molecule has 0 saturated heterocycles. The Morgan fingerprint density at radius 1 is 1.20 bits per heavy atom. The molecule has 0 saturated carbocycles. The summed E-state index contributed by atoms with van der Waals surface area (Å²) < 4.78 is 23.9. The molecule has 1 aromatic heterocycles. The minimum atomic E-state index is -0.206.